The first-order valence-corrected chi connectivity index (χ1v) is 12.2. The third-order valence-corrected chi connectivity index (χ3v) is 6.42. The van der Waals surface area contributed by atoms with Crippen LogP contribution in [0.15, 0.2) is 52.0 Å². The molecule has 35 heavy (non-hydrogen) atoms. The molecule has 0 N–H and O–H groups in total. The van der Waals surface area contributed by atoms with Crippen LogP contribution in [0.2, 0.25) is 0 Å². The van der Waals surface area contributed by atoms with E-state index in [1.54, 1.807) is 10.8 Å². The molecule has 0 atom stereocenters. The highest BCUT2D eigenvalue weighted by atomic mass is 79.9. The van der Waals surface area contributed by atoms with Crippen LogP contribution in [0, 0.1) is 27.7 Å². The molecule has 0 amide bonds. The first kappa shape index (κ1) is 24.7. The molecule has 7 nitrogen and oxygen atoms in total. The molecule has 4 aromatic rings. The number of hydrogen-bond donors (Lipinski definition) is 0. The molecule has 0 radical (unpaired) electrons. The highest BCUT2D eigenvalue weighted by Crippen LogP contribution is 2.28. The van der Waals surface area contributed by atoms with Crippen LogP contribution in [0.1, 0.15) is 53.8 Å². The summed E-state index contributed by atoms with van der Waals surface area (Å²) in [6.07, 6.45) is 3.59. The zero-order valence-corrected chi connectivity index (χ0v) is 22.3. The van der Waals surface area contributed by atoms with Crippen molar-refractivity contribution in [3.63, 3.8) is 0 Å². The molecule has 8 heteroatoms. The lowest BCUT2D eigenvalue weighted by molar-refractivity contribution is 0.297. The molecule has 0 aliphatic heterocycles. The van der Waals surface area contributed by atoms with Crippen molar-refractivity contribution < 1.29 is 4.74 Å². The Bertz CT molecular complexity index is 1460. The average molecular weight is 534 g/mol. The molecule has 4 heterocycles. The van der Waals surface area contributed by atoms with Gasteiger partial charge in [0.25, 0.3) is 5.56 Å². The Morgan fingerprint density at radius 2 is 1.74 bits per heavy atom. The van der Waals surface area contributed by atoms with Crippen LogP contribution in [0.25, 0.3) is 17.1 Å². The van der Waals surface area contributed by atoms with Crippen LogP contribution < -0.4 is 10.3 Å². The number of pyridine rings is 3. The topological polar surface area (TPSA) is 82.8 Å². The molecule has 4 rings (SSSR count). The largest absolute Gasteiger partial charge is 0.486 e. The Hall–Kier alpha value is -3.39. The normalized spacial score (nSPS) is 11.2. The van der Waals surface area contributed by atoms with Crippen molar-refractivity contribution in [2.24, 2.45) is 0 Å². The van der Waals surface area contributed by atoms with E-state index in [1.807, 2.05) is 64.2 Å². The number of hydrogen-bond acceptors (Lipinski definition) is 6. The smallest absolute Gasteiger partial charge is 0.273 e. The van der Waals surface area contributed by atoms with E-state index in [1.165, 1.54) is 0 Å². The summed E-state index contributed by atoms with van der Waals surface area (Å²) in [7, 11) is 0. The van der Waals surface area contributed by atoms with Gasteiger partial charge in [-0.25, -0.2) is 9.97 Å². The fourth-order valence-electron chi connectivity index (χ4n) is 3.79. The van der Waals surface area contributed by atoms with E-state index in [0.29, 0.717) is 15.9 Å². The first-order chi connectivity index (χ1) is 16.7. The maximum absolute atomic E-state index is 13.5. The molecule has 0 unspecified atom stereocenters. The predicted molar refractivity (Wildman–Crippen MR) is 140 cm³/mol. The monoisotopic (exact) mass is 533 g/mol. The fourth-order valence-corrected chi connectivity index (χ4v) is 4.20. The summed E-state index contributed by atoms with van der Waals surface area (Å²) in [5, 5.41) is 0. The van der Waals surface area contributed by atoms with Crippen LogP contribution in [0.4, 0.5) is 0 Å². The first-order valence-electron chi connectivity index (χ1n) is 11.4. The Kier molecular flexibility index (Phi) is 7.12. The second-order valence-corrected chi connectivity index (χ2v) is 9.73. The molecule has 0 aromatic carbocycles. The SMILES string of the molecule is Cc1cccc(COc2cc(C)n(-c3cc(-c4nc(C(C)C)ncc4C)ncc3C)c(=O)c2Br)n1. The van der Waals surface area contributed by atoms with Gasteiger partial charge in [0.15, 0.2) is 0 Å². The Morgan fingerprint density at radius 3 is 2.46 bits per heavy atom. The van der Waals surface area contributed by atoms with Crippen molar-refractivity contribution in [3.05, 3.63) is 91.6 Å². The number of aryl methyl sites for hydroxylation is 4. The zero-order chi connectivity index (χ0) is 25.3. The highest BCUT2D eigenvalue weighted by Gasteiger charge is 2.18. The Morgan fingerprint density at radius 1 is 1.00 bits per heavy atom. The lowest BCUT2D eigenvalue weighted by atomic mass is 10.1. The third kappa shape index (κ3) is 5.17. The van der Waals surface area contributed by atoms with Crippen molar-refractivity contribution in [1.82, 2.24) is 24.5 Å². The standard InChI is InChI=1S/C27H28BrN5O2/c1-15(2)26-30-13-17(4)25(32-26)21-11-22(16(3)12-29-21)33-19(6)10-23(24(28)27(33)34)35-14-20-9-7-8-18(5)31-20/h7-13,15H,14H2,1-6H3. The average Bonchev–Trinajstić information content (AvgIpc) is 2.82. The van der Waals surface area contributed by atoms with Gasteiger partial charge in [0.05, 0.1) is 22.8 Å². The second kappa shape index (κ2) is 10.1. The zero-order valence-electron chi connectivity index (χ0n) is 20.8. The molecule has 0 aliphatic carbocycles. The summed E-state index contributed by atoms with van der Waals surface area (Å²) in [6, 6.07) is 9.53. The molecule has 0 aliphatic rings. The molecular weight excluding hydrogens is 506 g/mol. The van der Waals surface area contributed by atoms with E-state index in [4.69, 9.17) is 9.72 Å². The van der Waals surface area contributed by atoms with E-state index < -0.39 is 0 Å². The summed E-state index contributed by atoms with van der Waals surface area (Å²) in [5.41, 5.74) is 6.26. The van der Waals surface area contributed by atoms with E-state index in [0.717, 1.165) is 45.4 Å². The van der Waals surface area contributed by atoms with Gasteiger partial charge in [-0.2, -0.15) is 0 Å². The fraction of sp³-hybridized carbons (Fsp3) is 0.296. The number of aromatic nitrogens is 5. The molecule has 0 spiro atoms. The van der Waals surface area contributed by atoms with E-state index in [-0.39, 0.29) is 18.1 Å². The summed E-state index contributed by atoms with van der Waals surface area (Å²) < 4.78 is 7.98. The van der Waals surface area contributed by atoms with Gasteiger partial charge >= 0.3 is 0 Å². The summed E-state index contributed by atoms with van der Waals surface area (Å²) in [6.45, 7) is 12.1. The van der Waals surface area contributed by atoms with Crippen molar-refractivity contribution in [3.8, 4) is 22.8 Å². The number of halogens is 1. The highest BCUT2D eigenvalue weighted by molar-refractivity contribution is 9.10. The second-order valence-electron chi connectivity index (χ2n) is 8.93. The number of ether oxygens (including phenoxy) is 1. The quantitative estimate of drug-likeness (QED) is 0.312. The molecule has 0 saturated carbocycles. The van der Waals surface area contributed by atoms with Crippen molar-refractivity contribution in [2.45, 2.75) is 54.1 Å². The predicted octanol–water partition coefficient (Wildman–Crippen LogP) is 5.78. The van der Waals surface area contributed by atoms with Gasteiger partial charge in [0.2, 0.25) is 0 Å². The summed E-state index contributed by atoms with van der Waals surface area (Å²) in [5.74, 6) is 1.44. The maximum Gasteiger partial charge on any atom is 0.273 e. The van der Waals surface area contributed by atoms with Gasteiger partial charge in [-0.05, 0) is 73.0 Å². The van der Waals surface area contributed by atoms with E-state index in [9.17, 15) is 4.79 Å². The van der Waals surface area contributed by atoms with Crippen molar-refractivity contribution in [1.29, 1.82) is 0 Å². The lowest BCUT2D eigenvalue weighted by Crippen LogP contribution is -2.23. The summed E-state index contributed by atoms with van der Waals surface area (Å²) >= 11 is 3.46. The number of rotatable bonds is 6. The van der Waals surface area contributed by atoms with Crippen LogP contribution in [-0.2, 0) is 6.61 Å². The third-order valence-electron chi connectivity index (χ3n) is 5.69. The van der Waals surface area contributed by atoms with Gasteiger partial charge in [0, 0.05) is 35.8 Å². The Labute approximate surface area is 213 Å². The summed E-state index contributed by atoms with van der Waals surface area (Å²) in [4.78, 5) is 31.7. The molecule has 0 saturated heterocycles. The van der Waals surface area contributed by atoms with E-state index in [2.05, 4.69) is 44.7 Å². The number of nitrogens with zero attached hydrogens (tertiary/aromatic N) is 5. The minimum absolute atomic E-state index is 0.197. The van der Waals surface area contributed by atoms with Crippen LogP contribution >= 0.6 is 15.9 Å². The molecule has 0 fully saturated rings. The molecule has 180 valence electrons. The van der Waals surface area contributed by atoms with Gasteiger partial charge in [-0.1, -0.05) is 19.9 Å². The van der Waals surface area contributed by atoms with Crippen LogP contribution in [0.5, 0.6) is 5.75 Å². The molecule has 0 bridgehead atoms. The van der Waals surface area contributed by atoms with Crippen LogP contribution in [-0.4, -0.2) is 24.5 Å². The minimum atomic E-state index is -0.209. The molecular formula is C27H28BrN5O2. The molecule has 4 aromatic heterocycles. The van der Waals surface area contributed by atoms with Crippen molar-refractivity contribution in [2.75, 3.05) is 0 Å². The van der Waals surface area contributed by atoms with Gasteiger partial charge < -0.3 is 4.74 Å². The van der Waals surface area contributed by atoms with Crippen LogP contribution in [0.3, 0.4) is 0 Å². The lowest BCUT2D eigenvalue weighted by Gasteiger charge is -2.17. The van der Waals surface area contributed by atoms with E-state index >= 15 is 0 Å². The van der Waals surface area contributed by atoms with Gasteiger partial charge in [-0.15, -0.1) is 0 Å². The van der Waals surface area contributed by atoms with Crippen molar-refractivity contribution >= 4 is 15.9 Å². The van der Waals surface area contributed by atoms with Gasteiger partial charge in [0.1, 0.15) is 22.7 Å². The van der Waals surface area contributed by atoms with Gasteiger partial charge in [-0.3, -0.25) is 19.3 Å². The maximum atomic E-state index is 13.5. The minimum Gasteiger partial charge on any atom is -0.486 e. The Balaban J connectivity index is 1.75.